The largest absolute Gasteiger partial charge is 0.480 e. The van der Waals surface area contributed by atoms with Crippen LogP contribution in [-0.4, -0.2) is 40.6 Å². The van der Waals surface area contributed by atoms with Crippen LogP contribution in [0.4, 0.5) is 0 Å². The molecule has 2 rings (SSSR count). The number of aliphatic carboxylic acids is 1. The Labute approximate surface area is 103 Å². The summed E-state index contributed by atoms with van der Waals surface area (Å²) in [7, 11) is 0. The summed E-state index contributed by atoms with van der Waals surface area (Å²) in [5.74, 6) is 0.00671. The number of nitrogens with zero attached hydrogens (tertiary/aromatic N) is 1. The Balaban J connectivity index is 1.90. The Kier molecular flexibility index (Phi) is 3.73. The molecule has 0 aromatic heterocycles. The van der Waals surface area contributed by atoms with Gasteiger partial charge in [0, 0.05) is 12.6 Å². The molecule has 0 aromatic carbocycles. The van der Waals surface area contributed by atoms with Gasteiger partial charge in [-0.05, 0) is 44.6 Å². The minimum absolute atomic E-state index is 0.377. The number of carboxylic acid groups (broad SMARTS) is 1. The lowest BCUT2D eigenvalue weighted by Crippen LogP contribution is -2.48. The second kappa shape index (κ2) is 4.94. The molecule has 2 aliphatic rings. The van der Waals surface area contributed by atoms with Crippen molar-refractivity contribution in [2.75, 3.05) is 13.1 Å². The predicted molar refractivity (Wildman–Crippen MR) is 66.8 cm³/mol. The molecule has 0 amide bonds. The summed E-state index contributed by atoms with van der Waals surface area (Å²) in [6, 6.07) is 0.377. The molecule has 3 N–H and O–H groups in total. The van der Waals surface area contributed by atoms with Gasteiger partial charge in [0.05, 0.1) is 0 Å². The lowest BCUT2D eigenvalue weighted by Gasteiger charge is -2.35. The Hall–Kier alpha value is -0.610. The van der Waals surface area contributed by atoms with Gasteiger partial charge in [0.2, 0.25) is 0 Å². The summed E-state index contributed by atoms with van der Waals surface area (Å²) < 4.78 is 0. The maximum absolute atomic E-state index is 11.1. The van der Waals surface area contributed by atoms with Crippen LogP contribution >= 0.6 is 0 Å². The predicted octanol–water partition coefficient (Wildman–Crippen LogP) is 1.44. The molecule has 4 nitrogen and oxygen atoms in total. The average Bonchev–Trinajstić information content (AvgIpc) is 2.61. The minimum atomic E-state index is -0.975. The van der Waals surface area contributed by atoms with Gasteiger partial charge in [-0.25, -0.2) is 0 Å². The van der Waals surface area contributed by atoms with E-state index in [9.17, 15) is 4.79 Å². The summed E-state index contributed by atoms with van der Waals surface area (Å²) in [5, 5.41) is 9.14. The van der Waals surface area contributed by atoms with Crippen LogP contribution in [0.1, 0.15) is 45.4 Å². The zero-order chi connectivity index (χ0) is 12.5. The van der Waals surface area contributed by atoms with E-state index in [4.69, 9.17) is 10.8 Å². The third-order valence-electron chi connectivity index (χ3n) is 4.59. The molecular weight excluding hydrogens is 216 g/mol. The zero-order valence-corrected chi connectivity index (χ0v) is 10.7. The van der Waals surface area contributed by atoms with Crippen molar-refractivity contribution in [3.63, 3.8) is 0 Å². The molecular formula is C13H24N2O2. The van der Waals surface area contributed by atoms with Crippen molar-refractivity contribution in [2.45, 2.75) is 57.0 Å². The number of hydrogen-bond donors (Lipinski definition) is 2. The second-order valence-corrected chi connectivity index (χ2v) is 5.74. The zero-order valence-electron chi connectivity index (χ0n) is 10.7. The van der Waals surface area contributed by atoms with Crippen LogP contribution in [0.3, 0.4) is 0 Å². The molecule has 2 unspecified atom stereocenters. The third kappa shape index (κ3) is 2.63. The standard InChI is InChI=1S/C13H24N2O2/c1-2-15(9-10-4-3-5-10)11-6-7-13(14,8-11)12(16)17/h10-11H,2-9,14H2,1H3,(H,16,17). The van der Waals surface area contributed by atoms with Crippen LogP contribution in [0.25, 0.3) is 0 Å². The summed E-state index contributed by atoms with van der Waals surface area (Å²) in [6.45, 7) is 4.31. The Morgan fingerprint density at radius 1 is 1.47 bits per heavy atom. The van der Waals surface area contributed by atoms with Crippen molar-refractivity contribution in [1.29, 1.82) is 0 Å². The van der Waals surface area contributed by atoms with Crippen LogP contribution in [-0.2, 0) is 4.79 Å². The first-order valence-corrected chi connectivity index (χ1v) is 6.81. The normalized spacial score (nSPS) is 33.9. The van der Waals surface area contributed by atoms with Gasteiger partial charge in [-0.3, -0.25) is 4.79 Å². The van der Waals surface area contributed by atoms with E-state index in [0.717, 1.165) is 25.4 Å². The van der Waals surface area contributed by atoms with Crippen LogP contribution in [0, 0.1) is 5.92 Å². The molecule has 2 atom stereocenters. The van der Waals surface area contributed by atoms with Crippen LogP contribution in [0.5, 0.6) is 0 Å². The highest BCUT2D eigenvalue weighted by Gasteiger charge is 2.44. The monoisotopic (exact) mass is 240 g/mol. The molecule has 0 heterocycles. The van der Waals surface area contributed by atoms with Gasteiger partial charge in [-0.1, -0.05) is 13.3 Å². The molecule has 0 aromatic rings. The van der Waals surface area contributed by atoms with E-state index in [-0.39, 0.29) is 0 Å². The van der Waals surface area contributed by atoms with Gasteiger partial charge in [0.15, 0.2) is 0 Å². The highest BCUT2D eigenvalue weighted by atomic mass is 16.4. The summed E-state index contributed by atoms with van der Waals surface area (Å²) >= 11 is 0. The Bertz CT molecular complexity index is 291. The maximum atomic E-state index is 11.1. The first kappa shape index (κ1) is 12.8. The lowest BCUT2D eigenvalue weighted by atomic mass is 9.84. The molecule has 2 aliphatic carbocycles. The fourth-order valence-corrected chi connectivity index (χ4v) is 3.10. The van der Waals surface area contributed by atoms with E-state index in [1.54, 1.807) is 0 Å². The lowest BCUT2D eigenvalue weighted by molar-refractivity contribution is -0.143. The molecule has 4 heteroatoms. The van der Waals surface area contributed by atoms with E-state index in [0.29, 0.717) is 18.9 Å². The Morgan fingerprint density at radius 3 is 2.59 bits per heavy atom. The van der Waals surface area contributed by atoms with E-state index < -0.39 is 11.5 Å². The molecule has 2 saturated carbocycles. The molecule has 0 bridgehead atoms. The van der Waals surface area contributed by atoms with Crippen molar-refractivity contribution < 1.29 is 9.90 Å². The van der Waals surface area contributed by atoms with E-state index in [1.165, 1.54) is 19.3 Å². The Morgan fingerprint density at radius 2 is 2.18 bits per heavy atom. The highest BCUT2D eigenvalue weighted by molar-refractivity contribution is 5.79. The van der Waals surface area contributed by atoms with E-state index in [2.05, 4.69) is 11.8 Å². The summed E-state index contributed by atoms with van der Waals surface area (Å²) in [4.78, 5) is 13.6. The second-order valence-electron chi connectivity index (χ2n) is 5.74. The maximum Gasteiger partial charge on any atom is 0.323 e. The smallest absolute Gasteiger partial charge is 0.323 e. The van der Waals surface area contributed by atoms with Crippen molar-refractivity contribution in [2.24, 2.45) is 11.7 Å². The molecule has 98 valence electrons. The number of rotatable bonds is 5. The number of carboxylic acids is 1. The van der Waals surface area contributed by atoms with Gasteiger partial charge < -0.3 is 15.7 Å². The molecule has 0 aliphatic heterocycles. The first-order chi connectivity index (χ1) is 8.05. The minimum Gasteiger partial charge on any atom is -0.480 e. The first-order valence-electron chi connectivity index (χ1n) is 6.81. The van der Waals surface area contributed by atoms with Gasteiger partial charge in [0.1, 0.15) is 5.54 Å². The van der Waals surface area contributed by atoms with Crippen LogP contribution in [0.2, 0.25) is 0 Å². The number of nitrogens with two attached hydrogens (primary N) is 1. The van der Waals surface area contributed by atoms with Crippen molar-refractivity contribution in [1.82, 2.24) is 4.90 Å². The molecule has 0 spiro atoms. The molecule has 0 saturated heterocycles. The molecule has 17 heavy (non-hydrogen) atoms. The van der Waals surface area contributed by atoms with E-state index in [1.807, 2.05) is 0 Å². The molecule has 2 fully saturated rings. The van der Waals surface area contributed by atoms with Crippen molar-refractivity contribution >= 4 is 5.97 Å². The fourth-order valence-electron chi connectivity index (χ4n) is 3.10. The quantitative estimate of drug-likeness (QED) is 0.763. The summed E-state index contributed by atoms with van der Waals surface area (Å²) in [6.07, 6.45) is 6.22. The fraction of sp³-hybridized carbons (Fsp3) is 0.923. The van der Waals surface area contributed by atoms with Gasteiger partial charge in [-0.2, -0.15) is 0 Å². The highest BCUT2D eigenvalue weighted by Crippen LogP contribution is 2.34. The van der Waals surface area contributed by atoms with Gasteiger partial charge >= 0.3 is 5.97 Å². The van der Waals surface area contributed by atoms with E-state index >= 15 is 0 Å². The van der Waals surface area contributed by atoms with Gasteiger partial charge in [-0.15, -0.1) is 0 Å². The summed E-state index contributed by atoms with van der Waals surface area (Å²) in [5.41, 5.74) is 4.96. The van der Waals surface area contributed by atoms with Crippen molar-refractivity contribution in [3.05, 3.63) is 0 Å². The SMILES string of the molecule is CCN(CC1CCC1)C1CCC(N)(C(=O)O)C1. The third-order valence-corrected chi connectivity index (χ3v) is 4.59. The average molecular weight is 240 g/mol. The molecule has 0 radical (unpaired) electrons. The topological polar surface area (TPSA) is 66.6 Å². The van der Waals surface area contributed by atoms with Crippen LogP contribution < -0.4 is 5.73 Å². The number of carbonyl (C=O) groups is 1. The van der Waals surface area contributed by atoms with Gasteiger partial charge in [0.25, 0.3) is 0 Å². The number of hydrogen-bond acceptors (Lipinski definition) is 3. The van der Waals surface area contributed by atoms with Crippen LogP contribution in [0.15, 0.2) is 0 Å². The van der Waals surface area contributed by atoms with Crippen molar-refractivity contribution in [3.8, 4) is 0 Å².